The lowest BCUT2D eigenvalue weighted by Crippen LogP contribution is -2.37. The highest BCUT2D eigenvalue weighted by molar-refractivity contribution is 6.07. The van der Waals surface area contributed by atoms with Crippen molar-refractivity contribution >= 4 is 17.5 Å². The van der Waals surface area contributed by atoms with E-state index in [0.29, 0.717) is 24.3 Å². The first-order valence-electron chi connectivity index (χ1n) is 13.2. The van der Waals surface area contributed by atoms with Crippen LogP contribution in [0.4, 0.5) is 5.69 Å². The Morgan fingerprint density at radius 2 is 1.73 bits per heavy atom. The van der Waals surface area contributed by atoms with Gasteiger partial charge in [0.05, 0.1) is 32.9 Å². The van der Waals surface area contributed by atoms with Gasteiger partial charge in [-0.2, -0.15) is 0 Å². The molecule has 1 aliphatic rings. The number of benzene rings is 3. The normalized spacial score (nSPS) is 13.2. The molecule has 8 heteroatoms. The fourth-order valence-electron chi connectivity index (χ4n) is 5.30. The van der Waals surface area contributed by atoms with Crippen LogP contribution >= 0.6 is 0 Å². The molecule has 0 radical (unpaired) electrons. The maximum Gasteiger partial charge on any atom is 0.270 e. The van der Waals surface area contributed by atoms with Gasteiger partial charge in [-0.3, -0.25) is 9.59 Å². The summed E-state index contributed by atoms with van der Waals surface area (Å²) < 4.78 is 7.47. The second kappa shape index (κ2) is 11.4. The molecule has 0 bridgehead atoms. The van der Waals surface area contributed by atoms with E-state index in [9.17, 15) is 19.8 Å². The number of aliphatic hydroxyl groups excluding tert-OH is 2. The lowest BCUT2D eigenvalue weighted by molar-refractivity contribution is 0.0513. The summed E-state index contributed by atoms with van der Waals surface area (Å²) in [5.74, 6) is 0.375. The number of nitrogens with zero attached hydrogens (tertiary/aromatic N) is 3. The van der Waals surface area contributed by atoms with E-state index in [1.165, 1.54) is 4.90 Å². The molecular formula is C32H33N3O5. The van der Waals surface area contributed by atoms with Crippen molar-refractivity contribution in [2.45, 2.75) is 26.1 Å². The number of rotatable bonds is 7. The quantitative estimate of drug-likeness (QED) is 0.369. The van der Waals surface area contributed by atoms with Crippen LogP contribution in [0.5, 0.6) is 5.75 Å². The van der Waals surface area contributed by atoms with Crippen LogP contribution in [0.3, 0.4) is 0 Å². The number of amides is 2. The number of para-hydroxylation sites is 2. The molecule has 3 aromatic carbocycles. The molecule has 0 fully saturated rings. The summed E-state index contributed by atoms with van der Waals surface area (Å²) in [5.41, 5.74) is 6.49. The van der Waals surface area contributed by atoms with Crippen LogP contribution in [0.1, 0.15) is 37.7 Å². The van der Waals surface area contributed by atoms with Gasteiger partial charge in [-0.1, -0.05) is 42.5 Å². The highest BCUT2D eigenvalue weighted by Gasteiger charge is 2.28. The zero-order valence-electron chi connectivity index (χ0n) is 22.9. The number of aryl methyl sites for hydroxylation is 1. The number of carbonyl (C=O) groups excluding carboxylic acids is 2. The van der Waals surface area contributed by atoms with Gasteiger partial charge in [0.15, 0.2) is 0 Å². The second-order valence-electron chi connectivity index (χ2n) is 10.1. The van der Waals surface area contributed by atoms with Crippen molar-refractivity contribution in [1.82, 2.24) is 9.47 Å². The van der Waals surface area contributed by atoms with Gasteiger partial charge < -0.3 is 29.3 Å². The van der Waals surface area contributed by atoms with E-state index in [2.05, 4.69) is 0 Å². The first-order chi connectivity index (χ1) is 19.3. The first kappa shape index (κ1) is 27.2. The summed E-state index contributed by atoms with van der Waals surface area (Å²) in [5, 5.41) is 19.0. The minimum Gasteiger partial charge on any atom is -0.496 e. The number of aliphatic hydroxyl groups is 2. The van der Waals surface area contributed by atoms with Gasteiger partial charge in [-0.25, -0.2) is 0 Å². The highest BCUT2D eigenvalue weighted by atomic mass is 16.5. The van der Waals surface area contributed by atoms with E-state index in [1.807, 2.05) is 84.3 Å². The van der Waals surface area contributed by atoms with Crippen LogP contribution in [0, 0.1) is 6.92 Å². The standard InChI is InChI=1S/C32H33N3O5/c1-21-16-22(12-14-26(21)27-9-5-7-11-30(27)40-3)31(38)35-18-24-13-15-29(32(39)33(2)19-25(37)20-36)34(24)17-23-8-4-6-10-28(23)35/h4-16,25,36-37H,17-20H2,1-3H3. The molecule has 206 valence electrons. The Labute approximate surface area is 233 Å². The van der Waals surface area contributed by atoms with Gasteiger partial charge in [-0.15, -0.1) is 0 Å². The van der Waals surface area contributed by atoms with E-state index in [4.69, 9.17) is 4.74 Å². The smallest absolute Gasteiger partial charge is 0.270 e. The molecule has 8 nitrogen and oxygen atoms in total. The summed E-state index contributed by atoms with van der Waals surface area (Å²) in [4.78, 5) is 30.4. The molecule has 1 unspecified atom stereocenters. The van der Waals surface area contributed by atoms with Crippen LogP contribution in [0.15, 0.2) is 78.9 Å². The molecule has 0 saturated heterocycles. The number of aromatic nitrogens is 1. The number of ether oxygens (including phenoxy) is 1. The Hall–Kier alpha value is -4.40. The number of hydrogen-bond acceptors (Lipinski definition) is 5. The second-order valence-corrected chi connectivity index (χ2v) is 10.1. The number of likely N-dealkylation sites (N-methyl/N-ethyl adjacent to an activating group) is 1. The van der Waals surface area contributed by atoms with Crippen LogP contribution in [0.25, 0.3) is 11.1 Å². The Balaban J connectivity index is 1.49. The van der Waals surface area contributed by atoms with E-state index < -0.39 is 12.7 Å². The van der Waals surface area contributed by atoms with E-state index in [-0.39, 0.29) is 18.4 Å². The number of carbonyl (C=O) groups is 2. The van der Waals surface area contributed by atoms with Gasteiger partial charge in [-0.05, 0) is 60.0 Å². The molecule has 0 saturated carbocycles. The molecule has 0 aliphatic carbocycles. The Kier molecular flexibility index (Phi) is 7.73. The van der Waals surface area contributed by atoms with E-state index in [0.717, 1.165) is 39.4 Å². The monoisotopic (exact) mass is 539 g/mol. The molecule has 1 aromatic heterocycles. The third kappa shape index (κ3) is 5.11. The Bertz CT molecular complexity index is 1560. The summed E-state index contributed by atoms with van der Waals surface area (Å²) in [7, 11) is 3.24. The molecule has 2 amide bonds. The fraction of sp³-hybridized carbons (Fsp3) is 0.250. The number of anilines is 1. The average Bonchev–Trinajstić information content (AvgIpc) is 3.28. The predicted molar refractivity (Wildman–Crippen MR) is 154 cm³/mol. The summed E-state index contributed by atoms with van der Waals surface area (Å²) in [6.07, 6.45) is -1.01. The van der Waals surface area contributed by atoms with Crippen molar-refractivity contribution in [3.8, 4) is 16.9 Å². The van der Waals surface area contributed by atoms with Gasteiger partial charge in [0.2, 0.25) is 0 Å². The summed E-state index contributed by atoms with van der Waals surface area (Å²) >= 11 is 0. The number of hydrogen-bond donors (Lipinski definition) is 2. The van der Waals surface area contributed by atoms with Crippen molar-refractivity contribution in [3.63, 3.8) is 0 Å². The average molecular weight is 540 g/mol. The number of methoxy groups -OCH3 is 1. The highest BCUT2D eigenvalue weighted by Crippen LogP contribution is 2.34. The molecule has 1 aliphatic heterocycles. The fourth-order valence-corrected chi connectivity index (χ4v) is 5.30. The summed E-state index contributed by atoms with van der Waals surface area (Å²) in [6.45, 7) is 2.29. The third-order valence-electron chi connectivity index (χ3n) is 7.38. The lowest BCUT2D eigenvalue weighted by atomic mass is 9.97. The molecule has 2 N–H and O–H groups in total. The maximum atomic E-state index is 14.0. The minimum absolute atomic E-state index is 0.0151. The van der Waals surface area contributed by atoms with Crippen LogP contribution in [0.2, 0.25) is 0 Å². The van der Waals surface area contributed by atoms with Gasteiger partial charge in [0.25, 0.3) is 11.8 Å². The van der Waals surface area contributed by atoms with E-state index in [1.54, 1.807) is 25.1 Å². The van der Waals surface area contributed by atoms with Gasteiger partial charge in [0.1, 0.15) is 11.4 Å². The Morgan fingerprint density at radius 1 is 0.975 bits per heavy atom. The molecular weight excluding hydrogens is 506 g/mol. The topological polar surface area (TPSA) is 95.2 Å². The van der Waals surface area contributed by atoms with Gasteiger partial charge in [0, 0.05) is 36.1 Å². The van der Waals surface area contributed by atoms with E-state index >= 15 is 0 Å². The lowest BCUT2D eigenvalue weighted by Gasteiger charge is -2.23. The SMILES string of the molecule is COc1ccccc1-c1ccc(C(=O)N2Cc3ccc(C(=O)N(C)CC(O)CO)n3Cc3ccccc32)cc1C. The zero-order valence-corrected chi connectivity index (χ0v) is 22.9. The van der Waals surface area contributed by atoms with Crippen molar-refractivity contribution in [1.29, 1.82) is 0 Å². The molecule has 0 spiro atoms. The molecule has 2 heterocycles. The van der Waals surface area contributed by atoms with Crippen LogP contribution in [-0.4, -0.2) is 64.9 Å². The van der Waals surface area contributed by atoms with Gasteiger partial charge >= 0.3 is 0 Å². The van der Waals surface area contributed by atoms with Crippen molar-refractivity contribution in [2.24, 2.45) is 0 Å². The minimum atomic E-state index is -1.01. The van der Waals surface area contributed by atoms with Crippen molar-refractivity contribution in [3.05, 3.63) is 107 Å². The van der Waals surface area contributed by atoms with Crippen LogP contribution in [-0.2, 0) is 13.1 Å². The van der Waals surface area contributed by atoms with Crippen LogP contribution < -0.4 is 9.64 Å². The Morgan fingerprint density at radius 3 is 2.48 bits per heavy atom. The molecule has 1 atom stereocenters. The largest absolute Gasteiger partial charge is 0.496 e. The first-order valence-corrected chi connectivity index (χ1v) is 13.2. The summed E-state index contributed by atoms with van der Waals surface area (Å²) in [6, 6.07) is 24.9. The maximum absolute atomic E-state index is 14.0. The van der Waals surface area contributed by atoms with Crippen molar-refractivity contribution in [2.75, 3.05) is 32.2 Å². The number of fused-ring (bicyclic) bond motifs is 2. The molecule has 4 aromatic rings. The third-order valence-corrected chi connectivity index (χ3v) is 7.38. The zero-order chi connectivity index (χ0) is 28.4. The molecule has 5 rings (SSSR count). The predicted octanol–water partition coefficient (Wildman–Crippen LogP) is 4.11. The van der Waals surface area contributed by atoms with Crippen molar-refractivity contribution < 1.29 is 24.5 Å². The molecule has 40 heavy (non-hydrogen) atoms.